The standard InChI is InChI=1S/C14H20ClN3O/c1-2-18(9-13(16)19)14-10(4-3-5-12(14)15)8-17-11-6-7-11/h3-5,11,17H,2,6-9H2,1H3,(H2,16,19). The Hall–Kier alpha value is -1.26. The van der Waals surface area contributed by atoms with E-state index in [2.05, 4.69) is 5.32 Å². The highest BCUT2D eigenvalue weighted by Gasteiger charge is 2.22. The Morgan fingerprint density at radius 1 is 1.53 bits per heavy atom. The third-order valence-corrected chi connectivity index (χ3v) is 3.58. The lowest BCUT2D eigenvalue weighted by Gasteiger charge is -2.25. The summed E-state index contributed by atoms with van der Waals surface area (Å²) in [6.07, 6.45) is 2.49. The summed E-state index contributed by atoms with van der Waals surface area (Å²) in [4.78, 5) is 13.1. The zero-order valence-corrected chi connectivity index (χ0v) is 11.9. The lowest BCUT2D eigenvalue weighted by molar-refractivity contribution is -0.116. The van der Waals surface area contributed by atoms with Gasteiger partial charge in [0.2, 0.25) is 5.91 Å². The average Bonchev–Trinajstić information content (AvgIpc) is 3.18. The summed E-state index contributed by atoms with van der Waals surface area (Å²) in [5, 5.41) is 4.14. The van der Waals surface area contributed by atoms with Gasteiger partial charge in [0.15, 0.2) is 0 Å². The lowest BCUT2D eigenvalue weighted by Crippen LogP contribution is -2.34. The number of primary amides is 1. The van der Waals surface area contributed by atoms with Crippen molar-refractivity contribution in [3.8, 4) is 0 Å². The molecule has 1 aliphatic carbocycles. The number of rotatable bonds is 7. The highest BCUT2D eigenvalue weighted by atomic mass is 35.5. The van der Waals surface area contributed by atoms with Crippen LogP contribution in [-0.2, 0) is 11.3 Å². The van der Waals surface area contributed by atoms with Gasteiger partial charge >= 0.3 is 0 Å². The number of halogens is 1. The third-order valence-electron chi connectivity index (χ3n) is 3.27. The fourth-order valence-corrected chi connectivity index (χ4v) is 2.45. The van der Waals surface area contributed by atoms with Crippen LogP contribution in [0.15, 0.2) is 18.2 Å². The molecule has 0 atom stereocenters. The molecule has 0 aliphatic heterocycles. The number of nitrogens with zero attached hydrogens (tertiary/aromatic N) is 1. The topological polar surface area (TPSA) is 58.4 Å². The first-order valence-electron chi connectivity index (χ1n) is 6.65. The Balaban J connectivity index is 2.20. The second kappa shape index (κ2) is 6.26. The van der Waals surface area contributed by atoms with E-state index in [1.165, 1.54) is 12.8 Å². The SMILES string of the molecule is CCN(CC(N)=O)c1c(Cl)cccc1CNC1CC1. The number of amides is 1. The van der Waals surface area contributed by atoms with Gasteiger partial charge in [-0.05, 0) is 31.4 Å². The predicted molar refractivity (Wildman–Crippen MR) is 78.4 cm³/mol. The van der Waals surface area contributed by atoms with E-state index in [9.17, 15) is 4.79 Å². The van der Waals surface area contributed by atoms with Crippen molar-refractivity contribution in [2.24, 2.45) is 5.73 Å². The number of para-hydroxylation sites is 1. The van der Waals surface area contributed by atoms with E-state index >= 15 is 0 Å². The van der Waals surface area contributed by atoms with Gasteiger partial charge in [-0.25, -0.2) is 0 Å². The molecule has 0 heterocycles. The molecule has 19 heavy (non-hydrogen) atoms. The molecule has 4 nitrogen and oxygen atoms in total. The van der Waals surface area contributed by atoms with Crippen LogP contribution in [0.3, 0.4) is 0 Å². The van der Waals surface area contributed by atoms with E-state index < -0.39 is 0 Å². The van der Waals surface area contributed by atoms with E-state index in [-0.39, 0.29) is 12.5 Å². The van der Waals surface area contributed by atoms with Crippen molar-refractivity contribution in [2.45, 2.75) is 32.4 Å². The van der Waals surface area contributed by atoms with E-state index in [0.29, 0.717) is 17.6 Å². The molecule has 0 aromatic heterocycles. The maximum absolute atomic E-state index is 11.2. The predicted octanol–water partition coefficient (Wildman–Crippen LogP) is 1.90. The Kier molecular flexibility index (Phi) is 4.66. The van der Waals surface area contributed by atoms with Crippen LogP contribution in [0.25, 0.3) is 0 Å². The number of likely N-dealkylation sites (N-methyl/N-ethyl adjacent to an activating group) is 1. The van der Waals surface area contributed by atoms with Gasteiger partial charge in [0.05, 0.1) is 17.3 Å². The first kappa shape index (κ1) is 14.2. The first-order chi connectivity index (χ1) is 9.11. The number of nitrogens with two attached hydrogens (primary N) is 1. The van der Waals surface area contributed by atoms with Gasteiger partial charge in [0, 0.05) is 19.1 Å². The minimum Gasteiger partial charge on any atom is -0.368 e. The van der Waals surface area contributed by atoms with Gasteiger partial charge in [-0.2, -0.15) is 0 Å². The van der Waals surface area contributed by atoms with Crippen LogP contribution in [0.1, 0.15) is 25.3 Å². The lowest BCUT2D eigenvalue weighted by atomic mass is 10.1. The number of hydrogen-bond acceptors (Lipinski definition) is 3. The smallest absolute Gasteiger partial charge is 0.236 e. The molecule has 1 aliphatic rings. The summed E-state index contributed by atoms with van der Waals surface area (Å²) in [5.41, 5.74) is 7.33. The van der Waals surface area contributed by atoms with Crippen molar-refractivity contribution in [1.82, 2.24) is 5.32 Å². The number of anilines is 1. The van der Waals surface area contributed by atoms with E-state index in [0.717, 1.165) is 17.8 Å². The summed E-state index contributed by atoms with van der Waals surface area (Å²) in [6, 6.07) is 6.47. The molecule has 0 saturated heterocycles. The van der Waals surface area contributed by atoms with Crippen molar-refractivity contribution in [2.75, 3.05) is 18.0 Å². The molecule has 5 heteroatoms. The normalized spacial score (nSPS) is 14.4. The highest BCUT2D eigenvalue weighted by molar-refractivity contribution is 6.33. The fraction of sp³-hybridized carbons (Fsp3) is 0.500. The van der Waals surface area contributed by atoms with Gasteiger partial charge in [0.25, 0.3) is 0 Å². The van der Waals surface area contributed by atoms with E-state index in [4.69, 9.17) is 17.3 Å². The highest BCUT2D eigenvalue weighted by Crippen LogP contribution is 2.30. The molecule has 0 spiro atoms. The molecule has 3 N–H and O–H groups in total. The zero-order valence-electron chi connectivity index (χ0n) is 11.2. The summed E-state index contributed by atoms with van der Waals surface area (Å²) in [7, 11) is 0. The molecule has 1 amide bonds. The van der Waals surface area contributed by atoms with Crippen LogP contribution in [0, 0.1) is 0 Å². The molecular weight excluding hydrogens is 262 g/mol. The quantitative estimate of drug-likeness (QED) is 0.803. The van der Waals surface area contributed by atoms with Gasteiger partial charge in [-0.1, -0.05) is 23.7 Å². The van der Waals surface area contributed by atoms with Crippen LogP contribution in [-0.4, -0.2) is 25.0 Å². The van der Waals surface area contributed by atoms with Crippen molar-refractivity contribution < 1.29 is 4.79 Å². The summed E-state index contributed by atoms with van der Waals surface area (Å²) in [6.45, 7) is 3.65. The summed E-state index contributed by atoms with van der Waals surface area (Å²) < 4.78 is 0. The summed E-state index contributed by atoms with van der Waals surface area (Å²) in [5.74, 6) is -0.345. The molecule has 2 rings (SSSR count). The van der Waals surface area contributed by atoms with Crippen LogP contribution in [0.2, 0.25) is 5.02 Å². The Labute approximate surface area is 118 Å². The maximum atomic E-state index is 11.2. The van der Waals surface area contributed by atoms with Gasteiger partial charge in [-0.3, -0.25) is 4.79 Å². The Bertz CT molecular complexity index is 460. The molecule has 1 fully saturated rings. The average molecular weight is 282 g/mol. The van der Waals surface area contributed by atoms with Crippen molar-refractivity contribution in [3.05, 3.63) is 28.8 Å². The third kappa shape index (κ3) is 3.85. The number of carbonyl (C=O) groups is 1. The molecule has 1 aromatic carbocycles. The molecule has 1 saturated carbocycles. The minimum atomic E-state index is -0.345. The van der Waals surface area contributed by atoms with Crippen LogP contribution in [0.4, 0.5) is 5.69 Å². The minimum absolute atomic E-state index is 0.191. The van der Waals surface area contributed by atoms with Crippen LogP contribution in [0.5, 0.6) is 0 Å². The fourth-order valence-electron chi connectivity index (χ4n) is 2.14. The van der Waals surface area contributed by atoms with Crippen molar-refractivity contribution >= 4 is 23.2 Å². The molecule has 0 bridgehead atoms. The van der Waals surface area contributed by atoms with Crippen molar-refractivity contribution in [1.29, 1.82) is 0 Å². The van der Waals surface area contributed by atoms with E-state index in [1.807, 2.05) is 30.0 Å². The van der Waals surface area contributed by atoms with Crippen molar-refractivity contribution in [3.63, 3.8) is 0 Å². The zero-order chi connectivity index (χ0) is 13.8. The number of hydrogen-bond donors (Lipinski definition) is 2. The first-order valence-corrected chi connectivity index (χ1v) is 7.03. The number of carbonyl (C=O) groups excluding carboxylic acids is 1. The Morgan fingerprint density at radius 2 is 2.26 bits per heavy atom. The van der Waals surface area contributed by atoms with Gasteiger partial charge < -0.3 is 16.0 Å². The Morgan fingerprint density at radius 3 is 2.84 bits per heavy atom. The van der Waals surface area contributed by atoms with E-state index in [1.54, 1.807) is 0 Å². The molecule has 0 unspecified atom stereocenters. The second-order valence-electron chi connectivity index (χ2n) is 4.88. The number of nitrogens with one attached hydrogen (secondary N) is 1. The largest absolute Gasteiger partial charge is 0.368 e. The number of benzene rings is 1. The second-order valence-corrected chi connectivity index (χ2v) is 5.29. The van der Waals surface area contributed by atoms with Gasteiger partial charge in [0.1, 0.15) is 0 Å². The molecule has 0 radical (unpaired) electrons. The summed E-state index contributed by atoms with van der Waals surface area (Å²) >= 11 is 6.30. The molecular formula is C14H20ClN3O. The van der Waals surface area contributed by atoms with Crippen LogP contribution >= 0.6 is 11.6 Å². The molecule has 104 valence electrons. The van der Waals surface area contributed by atoms with Gasteiger partial charge in [-0.15, -0.1) is 0 Å². The monoisotopic (exact) mass is 281 g/mol. The maximum Gasteiger partial charge on any atom is 0.236 e. The van der Waals surface area contributed by atoms with Crippen LogP contribution < -0.4 is 16.0 Å². The molecule has 1 aromatic rings.